The molecule has 0 amide bonds. The molecular weight excluding hydrogens is 198 g/mol. The molecule has 1 N–H and O–H groups in total. The van der Waals surface area contributed by atoms with Crippen molar-refractivity contribution in [3.63, 3.8) is 0 Å². The molecule has 3 rings (SSSR count). The summed E-state index contributed by atoms with van der Waals surface area (Å²) in [6.07, 6.45) is 2.77. The molecule has 86 valence electrons. The Morgan fingerprint density at radius 2 is 2.19 bits per heavy atom. The molecule has 0 bridgehead atoms. The number of fused-ring (bicyclic) bond motifs is 2. The number of aryl methyl sites for hydroxylation is 1. The van der Waals surface area contributed by atoms with Gasteiger partial charge in [-0.25, -0.2) is 0 Å². The lowest BCUT2D eigenvalue weighted by molar-refractivity contribution is 0.0901. The maximum atomic E-state index is 6.16. The number of ether oxygens (including phenoxy) is 1. The Bertz CT molecular complexity index is 425. The Morgan fingerprint density at radius 3 is 3.00 bits per heavy atom. The van der Waals surface area contributed by atoms with Crippen LogP contribution in [-0.4, -0.2) is 12.1 Å². The second-order valence-electron chi connectivity index (χ2n) is 5.82. The molecule has 0 spiro atoms. The third kappa shape index (κ3) is 1.40. The maximum absolute atomic E-state index is 6.16. The highest BCUT2D eigenvalue weighted by atomic mass is 16.5. The van der Waals surface area contributed by atoms with Crippen molar-refractivity contribution in [3.8, 4) is 5.75 Å². The van der Waals surface area contributed by atoms with E-state index in [4.69, 9.17) is 4.74 Å². The van der Waals surface area contributed by atoms with Crippen LogP contribution in [0.5, 0.6) is 5.75 Å². The number of hydrogen-bond acceptors (Lipinski definition) is 2. The van der Waals surface area contributed by atoms with Gasteiger partial charge in [0, 0.05) is 5.41 Å². The Morgan fingerprint density at radius 1 is 1.38 bits per heavy atom. The predicted octanol–water partition coefficient (Wildman–Crippen LogP) is 3.36. The molecule has 1 aromatic rings. The van der Waals surface area contributed by atoms with Crippen molar-refractivity contribution in [1.29, 1.82) is 0 Å². The minimum Gasteiger partial charge on any atom is -0.486 e. The van der Waals surface area contributed by atoms with Gasteiger partial charge in [-0.1, -0.05) is 19.9 Å². The maximum Gasteiger partial charge on any atom is 0.142 e. The molecule has 16 heavy (non-hydrogen) atoms. The average molecular weight is 217 g/mol. The van der Waals surface area contributed by atoms with Gasteiger partial charge in [0.2, 0.25) is 0 Å². The van der Waals surface area contributed by atoms with Crippen LogP contribution in [0.15, 0.2) is 18.2 Å². The van der Waals surface area contributed by atoms with Gasteiger partial charge in [0.05, 0.1) is 11.7 Å². The largest absolute Gasteiger partial charge is 0.486 e. The fourth-order valence-electron chi connectivity index (χ4n) is 2.95. The molecule has 0 saturated heterocycles. The van der Waals surface area contributed by atoms with Gasteiger partial charge in [0.1, 0.15) is 11.9 Å². The number of anilines is 1. The highest BCUT2D eigenvalue weighted by Crippen LogP contribution is 2.45. The van der Waals surface area contributed by atoms with E-state index in [0.717, 1.165) is 5.75 Å². The predicted molar refractivity (Wildman–Crippen MR) is 66.0 cm³/mol. The molecule has 1 aromatic carbocycles. The van der Waals surface area contributed by atoms with Crippen molar-refractivity contribution >= 4 is 5.69 Å². The van der Waals surface area contributed by atoms with Crippen LogP contribution in [0.25, 0.3) is 0 Å². The Hall–Kier alpha value is -1.18. The number of nitrogens with one attached hydrogen (secondary N) is 1. The molecule has 1 fully saturated rings. The summed E-state index contributed by atoms with van der Waals surface area (Å²) in [6, 6.07) is 6.87. The zero-order valence-corrected chi connectivity index (χ0v) is 10.2. The van der Waals surface area contributed by atoms with Crippen LogP contribution in [0.1, 0.15) is 32.3 Å². The number of rotatable bonds is 0. The molecular formula is C14H19NO. The van der Waals surface area contributed by atoms with Gasteiger partial charge in [-0.05, 0) is 37.5 Å². The summed E-state index contributed by atoms with van der Waals surface area (Å²) in [5, 5.41) is 3.63. The average Bonchev–Trinajstić information content (AvgIpc) is 2.52. The van der Waals surface area contributed by atoms with Crippen LogP contribution in [0, 0.1) is 12.3 Å². The van der Waals surface area contributed by atoms with Gasteiger partial charge in [0.25, 0.3) is 0 Å². The van der Waals surface area contributed by atoms with Crippen LogP contribution < -0.4 is 10.1 Å². The zero-order valence-electron chi connectivity index (χ0n) is 10.2. The highest BCUT2D eigenvalue weighted by Gasteiger charge is 2.46. The van der Waals surface area contributed by atoms with Crippen LogP contribution in [0.4, 0.5) is 5.69 Å². The molecule has 0 aromatic heterocycles. The summed E-state index contributed by atoms with van der Waals surface area (Å²) in [7, 11) is 0. The summed E-state index contributed by atoms with van der Waals surface area (Å²) in [5.74, 6) is 1.02. The van der Waals surface area contributed by atoms with Crippen molar-refractivity contribution in [2.45, 2.75) is 45.8 Å². The molecule has 2 nitrogen and oxygen atoms in total. The van der Waals surface area contributed by atoms with Crippen LogP contribution in [0.3, 0.4) is 0 Å². The Kier molecular flexibility index (Phi) is 1.97. The minimum atomic E-state index is 0.292. The van der Waals surface area contributed by atoms with E-state index in [1.807, 2.05) is 0 Å². The molecule has 2 atom stereocenters. The highest BCUT2D eigenvalue weighted by molar-refractivity contribution is 5.60. The SMILES string of the molecule is Cc1ccc2c(c1)NC1CCC(C)(C)C1O2. The van der Waals surface area contributed by atoms with E-state index < -0.39 is 0 Å². The number of hydrogen-bond donors (Lipinski definition) is 1. The van der Waals surface area contributed by atoms with E-state index >= 15 is 0 Å². The molecule has 0 radical (unpaired) electrons. The van der Waals surface area contributed by atoms with Crippen LogP contribution >= 0.6 is 0 Å². The standard InChI is InChI=1S/C14H19NO/c1-9-4-5-12-11(8-9)15-10-6-7-14(2,3)13(10)16-12/h4-5,8,10,13,15H,6-7H2,1-3H3. The van der Waals surface area contributed by atoms with Gasteiger partial charge in [0.15, 0.2) is 0 Å². The molecule has 1 saturated carbocycles. The second kappa shape index (κ2) is 3.16. The van der Waals surface area contributed by atoms with Crippen molar-refractivity contribution in [2.75, 3.05) is 5.32 Å². The normalized spacial score (nSPS) is 29.9. The lowest BCUT2D eigenvalue weighted by Crippen LogP contribution is -2.43. The van der Waals surface area contributed by atoms with Gasteiger partial charge in [-0.2, -0.15) is 0 Å². The summed E-state index contributed by atoms with van der Waals surface area (Å²) in [5.41, 5.74) is 2.74. The summed E-state index contributed by atoms with van der Waals surface area (Å²) in [4.78, 5) is 0. The Labute approximate surface area is 97.0 Å². The topological polar surface area (TPSA) is 21.3 Å². The molecule has 1 aliphatic heterocycles. The van der Waals surface area contributed by atoms with Gasteiger partial charge < -0.3 is 10.1 Å². The van der Waals surface area contributed by atoms with E-state index in [0.29, 0.717) is 17.6 Å². The van der Waals surface area contributed by atoms with Gasteiger partial charge in [-0.15, -0.1) is 0 Å². The van der Waals surface area contributed by atoms with Crippen molar-refractivity contribution in [3.05, 3.63) is 23.8 Å². The molecule has 2 aliphatic rings. The molecule has 1 aliphatic carbocycles. The molecule has 1 heterocycles. The van der Waals surface area contributed by atoms with E-state index in [9.17, 15) is 0 Å². The van der Waals surface area contributed by atoms with Crippen molar-refractivity contribution < 1.29 is 4.74 Å². The first-order valence-corrected chi connectivity index (χ1v) is 6.10. The fourth-order valence-corrected chi connectivity index (χ4v) is 2.95. The Balaban J connectivity index is 1.97. The molecule has 2 heteroatoms. The second-order valence-corrected chi connectivity index (χ2v) is 5.82. The first kappa shape index (κ1) is 10.0. The van der Waals surface area contributed by atoms with Crippen LogP contribution in [-0.2, 0) is 0 Å². The lowest BCUT2D eigenvalue weighted by Gasteiger charge is -2.36. The summed E-state index contributed by atoms with van der Waals surface area (Å²) < 4.78 is 6.16. The van der Waals surface area contributed by atoms with E-state index in [1.165, 1.54) is 24.1 Å². The minimum absolute atomic E-state index is 0.292. The zero-order chi connectivity index (χ0) is 11.3. The summed E-state index contributed by atoms with van der Waals surface area (Å²) in [6.45, 7) is 6.73. The van der Waals surface area contributed by atoms with Gasteiger partial charge >= 0.3 is 0 Å². The quantitative estimate of drug-likeness (QED) is 0.719. The van der Waals surface area contributed by atoms with Crippen LogP contribution in [0.2, 0.25) is 0 Å². The van der Waals surface area contributed by atoms with E-state index in [-0.39, 0.29) is 0 Å². The van der Waals surface area contributed by atoms with E-state index in [1.54, 1.807) is 0 Å². The van der Waals surface area contributed by atoms with Crippen molar-refractivity contribution in [2.24, 2.45) is 5.41 Å². The van der Waals surface area contributed by atoms with E-state index in [2.05, 4.69) is 44.3 Å². The molecule has 2 unspecified atom stereocenters. The van der Waals surface area contributed by atoms with Gasteiger partial charge in [-0.3, -0.25) is 0 Å². The smallest absolute Gasteiger partial charge is 0.142 e. The fraction of sp³-hybridized carbons (Fsp3) is 0.571. The first-order valence-electron chi connectivity index (χ1n) is 6.10. The lowest BCUT2D eigenvalue weighted by atomic mass is 9.88. The summed E-state index contributed by atoms with van der Waals surface area (Å²) >= 11 is 0. The number of benzene rings is 1. The third-order valence-corrected chi connectivity index (χ3v) is 3.97. The van der Waals surface area contributed by atoms with Crippen molar-refractivity contribution in [1.82, 2.24) is 0 Å². The first-order chi connectivity index (χ1) is 7.56. The third-order valence-electron chi connectivity index (χ3n) is 3.97. The monoisotopic (exact) mass is 217 g/mol.